The van der Waals surface area contributed by atoms with Gasteiger partial charge in [0.2, 0.25) is 5.60 Å². The predicted molar refractivity (Wildman–Crippen MR) is 282 cm³/mol. The van der Waals surface area contributed by atoms with E-state index in [1.54, 1.807) is 20.8 Å². The highest BCUT2D eigenvalue weighted by atomic mass is 32.2. The Morgan fingerprint density at radius 2 is 1.37 bits per heavy atom. The molecule has 3 N–H and O–H groups in total. The number of carbonyl (C=O) groups is 4. The Balaban J connectivity index is 1.08. The summed E-state index contributed by atoms with van der Waals surface area (Å²) in [5.41, 5.74) is 0.708. The van der Waals surface area contributed by atoms with Gasteiger partial charge in [-0.1, -0.05) is 169 Å². The van der Waals surface area contributed by atoms with Crippen molar-refractivity contribution < 1.29 is 37.7 Å². The van der Waals surface area contributed by atoms with Gasteiger partial charge >= 0.3 is 12.1 Å². The van der Waals surface area contributed by atoms with Crippen molar-refractivity contribution in [1.82, 2.24) is 30.4 Å². The van der Waals surface area contributed by atoms with Crippen LogP contribution >= 0.6 is 34.9 Å². The Hall–Kier alpha value is -7.39. The number of carbonyl (C=O) groups excluding carboxylic acids is 4. The van der Waals surface area contributed by atoms with Gasteiger partial charge in [0.05, 0.1) is 21.1 Å². The number of rotatable bonds is 17. The van der Waals surface area contributed by atoms with E-state index in [9.17, 15) is 23.4 Å². The van der Waals surface area contributed by atoms with Gasteiger partial charge in [-0.05, 0) is 38.8 Å². The first kappa shape index (κ1) is 50.5. The minimum absolute atomic E-state index is 0.0148. The van der Waals surface area contributed by atoms with Crippen LogP contribution < -0.4 is 10.6 Å². The van der Waals surface area contributed by atoms with Gasteiger partial charge in [0.25, 0.3) is 11.8 Å². The van der Waals surface area contributed by atoms with Crippen LogP contribution in [0.4, 0.5) is 9.93 Å². The molecule has 0 aliphatic carbocycles. The summed E-state index contributed by atoms with van der Waals surface area (Å²) in [6.07, 6.45) is -0.257. The first-order chi connectivity index (χ1) is 35.3. The molecule has 2 aliphatic heterocycles. The molecule has 2 unspecified atom stereocenters. The second kappa shape index (κ2) is 22.2. The lowest BCUT2D eigenvalue weighted by Gasteiger charge is -2.49. The van der Waals surface area contributed by atoms with Crippen molar-refractivity contribution in [3.63, 3.8) is 0 Å². The summed E-state index contributed by atoms with van der Waals surface area (Å²) in [5, 5.41) is 17.7. The largest absolute Gasteiger partial charge is 0.448 e. The maximum atomic E-state index is 15.0. The van der Waals surface area contributed by atoms with Crippen molar-refractivity contribution in [3.8, 4) is 0 Å². The van der Waals surface area contributed by atoms with E-state index in [2.05, 4.69) is 36.0 Å². The van der Waals surface area contributed by atoms with E-state index in [1.165, 1.54) is 40.1 Å². The molecule has 0 bridgehead atoms. The molecule has 4 atom stereocenters. The Bertz CT molecular complexity index is 3020. The van der Waals surface area contributed by atoms with Crippen molar-refractivity contribution in [3.05, 3.63) is 207 Å². The molecule has 0 saturated carbocycles. The highest BCUT2D eigenvalue weighted by molar-refractivity contribution is 8.19. The molecule has 2 aliphatic rings. The third-order valence-corrected chi connectivity index (χ3v) is 16.2. The molecular formula is C53H48N8O8S4. The summed E-state index contributed by atoms with van der Waals surface area (Å²) >= 11 is 3.59. The van der Waals surface area contributed by atoms with E-state index in [0.717, 1.165) is 11.3 Å². The number of hydrogen-bond donors (Lipinski definition) is 3. The SMILES string of the molecule is CC(SC1=C(C(=O)OC(c2ccccc2)c2ccccc2)N2C(=O)[C@@H](NC(=O)/C(=N/OC(c3ccccc3)(c3ccccc3)c3ccccc3)c3csc(NC(=O)OC(C)(C)C)n3)[C@H]2S(=O)C1)Sc1ncn[nH]1. The fourth-order valence-corrected chi connectivity index (χ4v) is 13.1. The number of amides is 3. The third-order valence-electron chi connectivity index (χ3n) is 11.4. The molecule has 7 aromatic rings. The molecule has 73 heavy (non-hydrogen) atoms. The minimum Gasteiger partial charge on any atom is -0.448 e. The zero-order valence-electron chi connectivity index (χ0n) is 39.7. The zero-order valence-corrected chi connectivity index (χ0v) is 43.0. The number of oxime groups is 1. The van der Waals surface area contributed by atoms with E-state index in [0.29, 0.717) is 37.9 Å². The molecule has 1 saturated heterocycles. The summed E-state index contributed by atoms with van der Waals surface area (Å²) in [5.74, 6) is -2.58. The van der Waals surface area contributed by atoms with Crippen molar-refractivity contribution in [2.24, 2.45) is 5.16 Å². The average Bonchev–Trinajstić information content (AvgIpc) is 4.09. The number of anilines is 1. The van der Waals surface area contributed by atoms with Crippen LogP contribution in [0.15, 0.2) is 184 Å². The van der Waals surface area contributed by atoms with Crippen molar-refractivity contribution >= 4 is 80.4 Å². The summed E-state index contributed by atoms with van der Waals surface area (Å²) in [7, 11) is -1.85. The van der Waals surface area contributed by atoms with Gasteiger partial charge in [-0.3, -0.25) is 29.1 Å². The fourth-order valence-electron chi connectivity index (χ4n) is 8.24. The topological polar surface area (TPSA) is 207 Å². The molecule has 0 radical (unpaired) electrons. The molecule has 2 aromatic heterocycles. The number of H-pyrrole nitrogens is 1. The number of benzene rings is 5. The van der Waals surface area contributed by atoms with E-state index in [4.69, 9.17) is 14.3 Å². The van der Waals surface area contributed by atoms with Crippen LogP contribution in [0.1, 0.15) is 67.3 Å². The number of esters is 1. The van der Waals surface area contributed by atoms with Crippen molar-refractivity contribution in [2.75, 3.05) is 11.1 Å². The van der Waals surface area contributed by atoms with Gasteiger partial charge in [-0.25, -0.2) is 19.6 Å². The second-order valence-corrected chi connectivity index (χ2v) is 23.0. The number of β-lactam (4-membered cyclic amide) rings is 1. The van der Waals surface area contributed by atoms with Gasteiger partial charge in [0.1, 0.15) is 34.7 Å². The average molecular weight is 1050 g/mol. The van der Waals surface area contributed by atoms with Crippen LogP contribution in [-0.4, -0.2) is 86.2 Å². The van der Waals surface area contributed by atoms with E-state index in [1.807, 2.05) is 159 Å². The monoisotopic (exact) mass is 1050 g/mol. The number of aromatic nitrogens is 4. The number of hydrogen-bond acceptors (Lipinski definition) is 15. The number of nitrogens with zero attached hydrogens (tertiary/aromatic N) is 5. The number of thioether (sulfide) groups is 2. The third kappa shape index (κ3) is 11.3. The van der Waals surface area contributed by atoms with Gasteiger partial charge in [-0.15, -0.1) is 23.1 Å². The van der Waals surface area contributed by atoms with Crippen LogP contribution in [0.3, 0.4) is 0 Å². The smallest absolute Gasteiger partial charge is 0.413 e. The van der Waals surface area contributed by atoms with E-state index in [-0.39, 0.29) is 32.6 Å². The van der Waals surface area contributed by atoms with Crippen molar-refractivity contribution in [2.45, 2.75) is 66.2 Å². The number of ether oxygens (including phenoxy) is 2. The minimum atomic E-state index is -1.85. The molecule has 20 heteroatoms. The number of thiazole rings is 1. The number of nitrogens with one attached hydrogen (secondary N) is 3. The Morgan fingerprint density at radius 3 is 1.89 bits per heavy atom. The molecule has 1 fully saturated rings. The molecule has 3 amide bonds. The molecule has 0 spiro atoms. The van der Waals surface area contributed by atoms with Crippen LogP contribution in [0.2, 0.25) is 0 Å². The molecule has 9 rings (SSSR count). The fraction of sp³-hybridized carbons (Fsp3) is 0.208. The molecule has 16 nitrogen and oxygen atoms in total. The molecular weight excluding hydrogens is 1000 g/mol. The first-order valence-corrected chi connectivity index (χ1v) is 26.9. The highest BCUT2D eigenvalue weighted by Crippen LogP contribution is 2.44. The lowest BCUT2D eigenvalue weighted by molar-refractivity contribution is -0.154. The summed E-state index contributed by atoms with van der Waals surface area (Å²) in [6, 6.07) is 45.2. The van der Waals surface area contributed by atoms with Crippen LogP contribution in [0.5, 0.6) is 0 Å². The summed E-state index contributed by atoms with van der Waals surface area (Å²) in [6.45, 7) is 7.06. The molecule has 4 heterocycles. The highest BCUT2D eigenvalue weighted by Gasteiger charge is 2.58. The van der Waals surface area contributed by atoms with Gasteiger partial charge in [0.15, 0.2) is 22.1 Å². The van der Waals surface area contributed by atoms with Crippen molar-refractivity contribution in [1.29, 1.82) is 0 Å². The maximum Gasteiger partial charge on any atom is 0.413 e. The summed E-state index contributed by atoms with van der Waals surface area (Å²) in [4.78, 5) is 74.5. The number of fused-ring (bicyclic) bond motifs is 1. The van der Waals surface area contributed by atoms with Gasteiger partial charge < -0.3 is 19.6 Å². The van der Waals surface area contributed by atoms with Crippen LogP contribution in [-0.2, 0) is 45.1 Å². The second-order valence-electron chi connectivity index (χ2n) is 17.5. The quantitative estimate of drug-likeness (QED) is 0.0148. The molecule has 372 valence electrons. The standard InChI is InChI=1S/C53H48N8O8S4/c1-33(72-49-54-32-55-59-49)71-40-31-73(66)47-42(46(63)61(47)43(40)48(64)67-44(34-20-10-5-11-21-34)35-22-12-6-13-23-35)57-45(62)41(39-30-70-50(56-39)58-51(65)68-52(2,3)4)60-69-53(36-24-14-7-15-25-36,37-26-16-8-17-27-37)38-28-18-9-19-29-38/h5-30,32-33,42,44,47H,31H2,1-4H3,(H,57,62)(H,54,55,59)(H,56,58,65)/b60-41+/t33?,42-,47-,73?/m1/s1. The predicted octanol–water partition coefficient (Wildman–Crippen LogP) is 9.15. The lowest BCUT2D eigenvalue weighted by Crippen LogP contribution is -2.74. The first-order valence-electron chi connectivity index (χ1n) is 22.9. The van der Waals surface area contributed by atoms with Gasteiger partial charge in [-0.2, -0.15) is 5.10 Å². The Kier molecular flexibility index (Phi) is 15.3. The Labute approximate surface area is 435 Å². The zero-order chi connectivity index (χ0) is 51.1. The Morgan fingerprint density at radius 1 is 0.822 bits per heavy atom. The maximum absolute atomic E-state index is 15.0. The van der Waals surface area contributed by atoms with Crippen LogP contribution in [0.25, 0.3) is 0 Å². The van der Waals surface area contributed by atoms with Crippen LogP contribution in [0, 0.1) is 0 Å². The number of aromatic amines is 1. The van der Waals surface area contributed by atoms with E-state index >= 15 is 0 Å². The van der Waals surface area contributed by atoms with Gasteiger partial charge in [0, 0.05) is 27.0 Å². The molecule has 5 aromatic carbocycles. The lowest BCUT2D eigenvalue weighted by atomic mass is 9.80. The van der Waals surface area contributed by atoms with E-state index < -0.39 is 63.4 Å². The normalized spacial score (nSPS) is 17.3. The summed E-state index contributed by atoms with van der Waals surface area (Å²) < 4.78 is 26.0.